The highest BCUT2D eigenvalue weighted by molar-refractivity contribution is 5.31. The van der Waals surface area contributed by atoms with Gasteiger partial charge in [-0.15, -0.1) is 0 Å². The molecule has 106 valence electrons. The first kappa shape index (κ1) is 14.5. The van der Waals surface area contributed by atoms with Crippen molar-refractivity contribution in [1.29, 1.82) is 0 Å². The molecule has 0 aliphatic carbocycles. The maximum atomic E-state index is 6.00. The molecule has 2 rings (SSSR count). The fourth-order valence-corrected chi connectivity index (χ4v) is 3.02. The maximum absolute atomic E-state index is 6.00. The molecule has 1 aromatic rings. The highest BCUT2D eigenvalue weighted by Crippen LogP contribution is 2.32. The predicted molar refractivity (Wildman–Crippen MR) is 78.6 cm³/mol. The predicted octanol–water partition coefficient (Wildman–Crippen LogP) is 2.96. The van der Waals surface area contributed by atoms with Crippen LogP contribution in [0.1, 0.15) is 50.3 Å². The summed E-state index contributed by atoms with van der Waals surface area (Å²) >= 11 is 0. The van der Waals surface area contributed by atoms with Crippen LogP contribution in [0.5, 0.6) is 0 Å². The van der Waals surface area contributed by atoms with Crippen molar-refractivity contribution < 1.29 is 4.74 Å². The maximum Gasteiger partial charge on any atom is 0.0994 e. The van der Waals surface area contributed by atoms with Gasteiger partial charge in [0.1, 0.15) is 0 Å². The fraction of sp³-hybridized carbons (Fsp3) is 0.625. The molecule has 1 aliphatic heterocycles. The zero-order chi connectivity index (χ0) is 13.7. The Hall–Kier alpha value is -0.900. The lowest BCUT2D eigenvalue weighted by Crippen LogP contribution is -2.43. The van der Waals surface area contributed by atoms with Gasteiger partial charge in [-0.3, -0.25) is 11.3 Å². The third-order valence-electron chi connectivity index (χ3n) is 4.35. The van der Waals surface area contributed by atoms with Crippen LogP contribution in [0.25, 0.3) is 0 Å². The summed E-state index contributed by atoms with van der Waals surface area (Å²) in [4.78, 5) is 0. The molecule has 1 aliphatic rings. The molecule has 3 N–H and O–H groups in total. The van der Waals surface area contributed by atoms with Crippen molar-refractivity contribution in [3.05, 3.63) is 35.4 Å². The molecule has 1 heterocycles. The molecule has 1 aromatic carbocycles. The van der Waals surface area contributed by atoms with Gasteiger partial charge in [0.2, 0.25) is 0 Å². The molecule has 0 radical (unpaired) electrons. The zero-order valence-corrected chi connectivity index (χ0v) is 12.1. The Kier molecular flexibility index (Phi) is 5.37. The Bertz CT molecular complexity index is 390. The van der Waals surface area contributed by atoms with E-state index < -0.39 is 0 Å². The minimum absolute atomic E-state index is 0.0931. The SMILES string of the molecule is CCC(CC)CC(NN)C1OCCc2ccccc21. The molecular formula is C16H26N2O. The van der Waals surface area contributed by atoms with Crippen molar-refractivity contribution in [3.8, 4) is 0 Å². The van der Waals surface area contributed by atoms with E-state index in [4.69, 9.17) is 10.6 Å². The van der Waals surface area contributed by atoms with E-state index in [0.717, 1.165) is 19.4 Å². The molecule has 0 saturated carbocycles. The van der Waals surface area contributed by atoms with Crippen LogP contribution in [-0.2, 0) is 11.2 Å². The smallest absolute Gasteiger partial charge is 0.0994 e. The first-order chi connectivity index (χ1) is 9.30. The van der Waals surface area contributed by atoms with Crippen molar-refractivity contribution in [2.45, 2.75) is 51.7 Å². The number of nitrogens with one attached hydrogen (secondary N) is 1. The molecule has 19 heavy (non-hydrogen) atoms. The molecule has 0 fully saturated rings. The molecule has 0 bridgehead atoms. The van der Waals surface area contributed by atoms with E-state index in [1.807, 2.05) is 0 Å². The Labute approximate surface area is 116 Å². The van der Waals surface area contributed by atoms with Gasteiger partial charge in [-0.25, -0.2) is 0 Å². The topological polar surface area (TPSA) is 47.3 Å². The second-order valence-electron chi connectivity index (χ2n) is 5.43. The van der Waals surface area contributed by atoms with Gasteiger partial charge < -0.3 is 4.74 Å². The largest absolute Gasteiger partial charge is 0.371 e. The molecule has 3 nitrogen and oxygen atoms in total. The van der Waals surface area contributed by atoms with Crippen molar-refractivity contribution in [3.63, 3.8) is 0 Å². The van der Waals surface area contributed by atoms with Crippen LogP contribution in [0.15, 0.2) is 24.3 Å². The number of nitrogens with two attached hydrogens (primary N) is 1. The number of fused-ring (bicyclic) bond motifs is 1. The summed E-state index contributed by atoms with van der Waals surface area (Å²) in [6.45, 7) is 5.29. The van der Waals surface area contributed by atoms with Crippen LogP contribution >= 0.6 is 0 Å². The van der Waals surface area contributed by atoms with Gasteiger partial charge in [0.25, 0.3) is 0 Å². The van der Waals surface area contributed by atoms with Crippen molar-refractivity contribution >= 4 is 0 Å². The molecule has 2 unspecified atom stereocenters. The number of ether oxygens (including phenoxy) is 1. The Balaban J connectivity index is 2.15. The minimum atomic E-state index is 0.0931. The average molecular weight is 262 g/mol. The van der Waals surface area contributed by atoms with Gasteiger partial charge in [-0.2, -0.15) is 0 Å². The Morgan fingerprint density at radius 3 is 2.74 bits per heavy atom. The van der Waals surface area contributed by atoms with E-state index in [9.17, 15) is 0 Å². The van der Waals surface area contributed by atoms with Gasteiger partial charge in [-0.1, -0.05) is 51.0 Å². The van der Waals surface area contributed by atoms with E-state index in [0.29, 0.717) is 5.92 Å². The van der Waals surface area contributed by atoms with Crippen LogP contribution in [0.3, 0.4) is 0 Å². The summed E-state index contributed by atoms with van der Waals surface area (Å²) in [5.41, 5.74) is 5.70. The van der Waals surface area contributed by atoms with Crippen LogP contribution in [0.2, 0.25) is 0 Å². The first-order valence-corrected chi connectivity index (χ1v) is 7.45. The van der Waals surface area contributed by atoms with Gasteiger partial charge in [0, 0.05) is 0 Å². The molecular weight excluding hydrogens is 236 g/mol. The van der Waals surface area contributed by atoms with Crippen molar-refractivity contribution in [2.75, 3.05) is 6.61 Å². The summed E-state index contributed by atoms with van der Waals surface area (Å²) in [6.07, 6.45) is 4.57. The van der Waals surface area contributed by atoms with E-state index >= 15 is 0 Å². The van der Waals surface area contributed by atoms with E-state index in [1.54, 1.807) is 0 Å². The second kappa shape index (κ2) is 7.04. The summed E-state index contributed by atoms with van der Waals surface area (Å²) in [7, 11) is 0. The molecule has 2 atom stereocenters. The normalized spacial score (nSPS) is 20.3. The number of hydrogen-bond donors (Lipinski definition) is 2. The van der Waals surface area contributed by atoms with Gasteiger partial charge >= 0.3 is 0 Å². The van der Waals surface area contributed by atoms with E-state index in [2.05, 4.69) is 43.5 Å². The quantitative estimate of drug-likeness (QED) is 0.612. The average Bonchev–Trinajstić information content (AvgIpc) is 2.48. The second-order valence-corrected chi connectivity index (χ2v) is 5.43. The zero-order valence-electron chi connectivity index (χ0n) is 12.1. The van der Waals surface area contributed by atoms with Crippen molar-refractivity contribution in [2.24, 2.45) is 11.8 Å². The lowest BCUT2D eigenvalue weighted by molar-refractivity contribution is 0.00888. The minimum Gasteiger partial charge on any atom is -0.371 e. The molecule has 3 heteroatoms. The summed E-state index contributed by atoms with van der Waals surface area (Å²) < 4.78 is 6.00. The third-order valence-corrected chi connectivity index (χ3v) is 4.35. The van der Waals surface area contributed by atoms with Crippen LogP contribution in [0, 0.1) is 5.92 Å². The first-order valence-electron chi connectivity index (χ1n) is 7.45. The lowest BCUT2D eigenvalue weighted by Gasteiger charge is -2.33. The number of hydrogen-bond acceptors (Lipinski definition) is 3. The standard InChI is InChI=1S/C16H26N2O/c1-3-12(4-2)11-15(18-17)16-14-8-6-5-7-13(14)9-10-19-16/h5-8,12,15-16,18H,3-4,9-11,17H2,1-2H3. The lowest BCUT2D eigenvalue weighted by atomic mass is 9.87. The highest BCUT2D eigenvalue weighted by Gasteiger charge is 2.29. The third kappa shape index (κ3) is 3.35. The van der Waals surface area contributed by atoms with Crippen LogP contribution in [0.4, 0.5) is 0 Å². The van der Waals surface area contributed by atoms with Crippen LogP contribution < -0.4 is 11.3 Å². The summed E-state index contributed by atoms with van der Waals surface area (Å²) in [6, 6.07) is 8.77. The Morgan fingerprint density at radius 2 is 2.05 bits per heavy atom. The highest BCUT2D eigenvalue weighted by atomic mass is 16.5. The van der Waals surface area contributed by atoms with Crippen LogP contribution in [-0.4, -0.2) is 12.6 Å². The summed E-state index contributed by atoms with van der Waals surface area (Å²) in [5, 5.41) is 0. The number of benzene rings is 1. The monoisotopic (exact) mass is 262 g/mol. The molecule has 0 spiro atoms. The van der Waals surface area contributed by atoms with Crippen molar-refractivity contribution in [1.82, 2.24) is 5.43 Å². The summed E-state index contributed by atoms with van der Waals surface area (Å²) in [5.74, 6) is 6.50. The van der Waals surface area contributed by atoms with E-state index in [1.165, 1.54) is 24.0 Å². The van der Waals surface area contributed by atoms with Gasteiger partial charge in [-0.05, 0) is 29.9 Å². The number of hydrazine groups is 1. The fourth-order valence-electron chi connectivity index (χ4n) is 3.02. The van der Waals surface area contributed by atoms with Gasteiger partial charge in [0.15, 0.2) is 0 Å². The van der Waals surface area contributed by atoms with E-state index in [-0.39, 0.29) is 12.1 Å². The van der Waals surface area contributed by atoms with Gasteiger partial charge in [0.05, 0.1) is 18.8 Å². The molecule has 0 amide bonds. The molecule has 0 saturated heterocycles. The number of rotatable bonds is 6. The Morgan fingerprint density at radius 1 is 1.32 bits per heavy atom. The molecule has 0 aromatic heterocycles.